The van der Waals surface area contributed by atoms with Gasteiger partial charge < -0.3 is 14.8 Å². The van der Waals surface area contributed by atoms with Crippen molar-refractivity contribution in [1.82, 2.24) is 10.3 Å². The van der Waals surface area contributed by atoms with E-state index in [0.29, 0.717) is 34.5 Å². The van der Waals surface area contributed by atoms with Crippen molar-refractivity contribution >= 4 is 29.1 Å². The van der Waals surface area contributed by atoms with Gasteiger partial charge in [0.2, 0.25) is 0 Å². The predicted octanol–water partition coefficient (Wildman–Crippen LogP) is 3.08. The number of methoxy groups -OCH3 is 2. The Morgan fingerprint density at radius 1 is 1.19 bits per heavy atom. The molecule has 0 saturated carbocycles. The van der Waals surface area contributed by atoms with Crippen LogP contribution in [-0.4, -0.2) is 36.9 Å². The van der Waals surface area contributed by atoms with Gasteiger partial charge in [-0.3, -0.25) is 14.6 Å². The van der Waals surface area contributed by atoms with Crippen LogP contribution in [0.2, 0.25) is 0 Å². The first-order chi connectivity index (χ1) is 15.0. The molecule has 0 spiro atoms. The molecule has 1 N–H and O–H groups in total. The second-order valence-corrected chi connectivity index (χ2v) is 8.44. The number of hydrogen-bond donors (Lipinski definition) is 1. The maximum absolute atomic E-state index is 13.8. The molecule has 0 amide bonds. The number of ketones is 1. The topological polar surface area (TPSA) is 94.6 Å². The number of hydrogen-bond acceptors (Lipinski definition) is 8. The SMILES string of the molecule is COC(=O)C1=C(C)NC2=C(C(=O)[C@H](C(=O)OC)[C@H](c3cccs3)C2)[C@@H]1c1cccnc1. The van der Waals surface area contributed by atoms with Gasteiger partial charge in [-0.2, -0.15) is 0 Å². The van der Waals surface area contributed by atoms with Crippen LogP contribution in [0.4, 0.5) is 0 Å². The summed E-state index contributed by atoms with van der Waals surface area (Å²) in [7, 11) is 2.59. The molecule has 0 bridgehead atoms. The summed E-state index contributed by atoms with van der Waals surface area (Å²) in [6.45, 7) is 1.79. The maximum Gasteiger partial charge on any atom is 0.336 e. The normalized spacial score (nSPS) is 23.2. The highest BCUT2D eigenvalue weighted by atomic mass is 32.1. The minimum atomic E-state index is -0.985. The molecule has 4 rings (SSSR count). The number of rotatable bonds is 4. The smallest absolute Gasteiger partial charge is 0.336 e. The zero-order valence-electron chi connectivity index (χ0n) is 17.4. The monoisotopic (exact) mass is 438 g/mol. The molecule has 3 heterocycles. The molecule has 0 radical (unpaired) electrons. The Labute approximate surface area is 183 Å². The van der Waals surface area contributed by atoms with Gasteiger partial charge in [-0.25, -0.2) is 4.79 Å². The van der Waals surface area contributed by atoms with E-state index < -0.39 is 23.8 Å². The van der Waals surface area contributed by atoms with Crippen LogP contribution < -0.4 is 5.32 Å². The van der Waals surface area contributed by atoms with Gasteiger partial charge in [-0.15, -0.1) is 11.3 Å². The van der Waals surface area contributed by atoms with E-state index in [2.05, 4.69) is 10.3 Å². The van der Waals surface area contributed by atoms with Gasteiger partial charge in [0.1, 0.15) is 5.92 Å². The van der Waals surface area contributed by atoms with Gasteiger partial charge in [-0.05, 0) is 36.4 Å². The summed E-state index contributed by atoms with van der Waals surface area (Å²) in [4.78, 5) is 44.4. The number of pyridine rings is 1. The molecular formula is C23H22N2O5S. The quantitative estimate of drug-likeness (QED) is 0.579. The molecule has 1 aliphatic carbocycles. The molecule has 2 aromatic rings. The van der Waals surface area contributed by atoms with Crippen LogP contribution in [0.3, 0.4) is 0 Å². The Morgan fingerprint density at radius 3 is 2.61 bits per heavy atom. The molecule has 31 heavy (non-hydrogen) atoms. The highest BCUT2D eigenvalue weighted by Crippen LogP contribution is 2.48. The van der Waals surface area contributed by atoms with E-state index in [0.717, 1.165) is 4.88 Å². The van der Waals surface area contributed by atoms with Crippen molar-refractivity contribution in [3.05, 3.63) is 75.0 Å². The Kier molecular flexibility index (Phi) is 5.73. The summed E-state index contributed by atoms with van der Waals surface area (Å²) in [6.07, 6.45) is 3.70. The van der Waals surface area contributed by atoms with Crippen LogP contribution in [0.5, 0.6) is 0 Å². The fraction of sp³-hybridized carbons (Fsp3) is 0.304. The third kappa shape index (κ3) is 3.57. The number of Topliss-reactive ketones (excluding diaryl/α,β-unsaturated/α-hetero) is 1. The fourth-order valence-corrected chi connectivity index (χ4v) is 5.33. The summed E-state index contributed by atoms with van der Waals surface area (Å²) in [5.74, 6) is -3.46. The van der Waals surface area contributed by atoms with Crippen LogP contribution >= 0.6 is 11.3 Å². The summed E-state index contributed by atoms with van der Waals surface area (Å²) >= 11 is 1.50. The highest BCUT2D eigenvalue weighted by Gasteiger charge is 2.49. The lowest BCUT2D eigenvalue weighted by Gasteiger charge is -2.38. The minimum absolute atomic E-state index is 0.334. The van der Waals surface area contributed by atoms with Crippen LogP contribution in [0, 0.1) is 5.92 Å². The number of esters is 2. The number of dihydropyridines is 1. The summed E-state index contributed by atoms with van der Waals surface area (Å²) < 4.78 is 10.0. The second-order valence-electron chi connectivity index (χ2n) is 7.46. The Balaban J connectivity index is 1.90. The van der Waals surface area contributed by atoms with Crippen LogP contribution in [0.25, 0.3) is 0 Å². The molecule has 1 aliphatic heterocycles. The number of aromatic nitrogens is 1. The average Bonchev–Trinajstić information content (AvgIpc) is 3.32. The van der Waals surface area contributed by atoms with E-state index in [1.54, 1.807) is 25.4 Å². The largest absolute Gasteiger partial charge is 0.468 e. The zero-order valence-corrected chi connectivity index (χ0v) is 18.2. The van der Waals surface area contributed by atoms with E-state index in [9.17, 15) is 14.4 Å². The molecule has 2 aliphatic rings. The van der Waals surface area contributed by atoms with Gasteiger partial charge in [0.15, 0.2) is 5.78 Å². The number of carbonyl (C=O) groups excluding carboxylic acids is 3. The van der Waals surface area contributed by atoms with Crippen molar-refractivity contribution < 1.29 is 23.9 Å². The Hall–Kier alpha value is -3.26. The minimum Gasteiger partial charge on any atom is -0.468 e. The van der Waals surface area contributed by atoms with Gasteiger partial charge in [0.25, 0.3) is 0 Å². The lowest BCUT2D eigenvalue weighted by molar-refractivity contribution is -0.149. The van der Waals surface area contributed by atoms with E-state index >= 15 is 0 Å². The third-order valence-electron chi connectivity index (χ3n) is 5.81. The molecular weight excluding hydrogens is 416 g/mol. The highest BCUT2D eigenvalue weighted by molar-refractivity contribution is 7.10. The Morgan fingerprint density at radius 2 is 2.00 bits per heavy atom. The zero-order chi connectivity index (χ0) is 22.1. The van der Waals surface area contributed by atoms with E-state index in [4.69, 9.17) is 9.47 Å². The van der Waals surface area contributed by atoms with Crippen molar-refractivity contribution in [2.45, 2.75) is 25.2 Å². The molecule has 0 fully saturated rings. The number of allylic oxidation sites excluding steroid dienone is 3. The van der Waals surface area contributed by atoms with Gasteiger partial charge in [-0.1, -0.05) is 12.1 Å². The van der Waals surface area contributed by atoms with Crippen LogP contribution in [0.1, 0.15) is 35.6 Å². The van der Waals surface area contributed by atoms with Gasteiger partial charge >= 0.3 is 11.9 Å². The second kappa shape index (κ2) is 8.47. The fourth-order valence-electron chi connectivity index (χ4n) is 4.46. The number of nitrogens with zero attached hydrogens (tertiary/aromatic N) is 1. The van der Waals surface area contributed by atoms with Crippen LogP contribution in [0.15, 0.2) is 64.6 Å². The van der Waals surface area contributed by atoms with E-state index in [1.165, 1.54) is 25.6 Å². The molecule has 3 atom stereocenters. The van der Waals surface area contributed by atoms with E-state index in [1.807, 2.05) is 23.6 Å². The molecule has 0 saturated heterocycles. The molecule has 160 valence electrons. The first-order valence-corrected chi connectivity index (χ1v) is 10.7. The first kappa shape index (κ1) is 21.0. The molecule has 2 aromatic heterocycles. The van der Waals surface area contributed by atoms with Crippen LogP contribution in [-0.2, 0) is 23.9 Å². The van der Waals surface area contributed by atoms with Crippen molar-refractivity contribution in [1.29, 1.82) is 0 Å². The number of nitrogens with one attached hydrogen (secondary N) is 1. The van der Waals surface area contributed by atoms with E-state index in [-0.39, 0.29) is 11.7 Å². The first-order valence-electron chi connectivity index (χ1n) is 9.82. The lowest BCUT2D eigenvalue weighted by atomic mass is 9.68. The maximum atomic E-state index is 13.8. The molecule has 0 aromatic carbocycles. The summed E-state index contributed by atoms with van der Waals surface area (Å²) in [6, 6.07) is 7.39. The van der Waals surface area contributed by atoms with Gasteiger partial charge in [0, 0.05) is 46.1 Å². The summed E-state index contributed by atoms with van der Waals surface area (Å²) in [5, 5.41) is 5.17. The lowest BCUT2D eigenvalue weighted by Crippen LogP contribution is -2.43. The van der Waals surface area contributed by atoms with Crippen molar-refractivity contribution in [2.24, 2.45) is 5.92 Å². The third-order valence-corrected chi connectivity index (χ3v) is 6.81. The van der Waals surface area contributed by atoms with Gasteiger partial charge in [0.05, 0.1) is 19.8 Å². The number of carbonyl (C=O) groups is 3. The van der Waals surface area contributed by atoms with Crippen molar-refractivity contribution in [3.63, 3.8) is 0 Å². The summed E-state index contributed by atoms with van der Waals surface area (Å²) in [5.41, 5.74) is 2.74. The molecule has 0 unspecified atom stereocenters. The average molecular weight is 439 g/mol. The number of ether oxygens (including phenoxy) is 2. The predicted molar refractivity (Wildman–Crippen MR) is 114 cm³/mol. The van der Waals surface area contributed by atoms with Crippen molar-refractivity contribution in [2.75, 3.05) is 14.2 Å². The van der Waals surface area contributed by atoms with Crippen molar-refractivity contribution in [3.8, 4) is 0 Å². The Bertz CT molecular complexity index is 1090. The standard InChI is InChI=1S/C23H22N2O5S/c1-12-17(22(27)29-2)18(13-6-4-8-24-11-13)20-15(25-12)10-14(16-7-5-9-31-16)19(21(20)26)23(28)30-3/h4-9,11,14,18-19,25H,10H2,1-3H3/t14-,18+,19+/m0/s1. The molecule has 7 nitrogen and oxygen atoms in total. The number of thiophene rings is 1. The molecule has 8 heteroatoms.